The minimum absolute atomic E-state index is 0.0175. The summed E-state index contributed by atoms with van der Waals surface area (Å²) in [5, 5.41) is 2.90. The highest BCUT2D eigenvalue weighted by molar-refractivity contribution is 6.04. The predicted octanol–water partition coefficient (Wildman–Crippen LogP) is 6.70. The first-order valence-corrected chi connectivity index (χ1v) is 10.9. The van der Waals surface area contributed by atoms with E-state index in [1.165, 1.54) is 6.07 Å². The Bertz CT molecular complexity index is 1370. The van der Waals surface area contributed by atoms with E-state index in [-0.39, 0.29) is 11.7 Å². The summed E-state index contributed by atoms with van der Waals surface area (Å²) in [7, 11) is 1.58. The Labute approximate surface area is 200 Å². The van der Waals surface area contributed by atoms with Gasteiger partial charge in [-0.3, -0.25) is 4.79 Å². The summed E-state index contributed by atoms with van der Waals surface area (Å²) in [5.74, 6) is 0.831. The van der Waals surface area contributed by atoms with E-state index in [9.17, 15) is 13.6 Å². The monoisotopic (exact) mass is 473 g/mol. The molecule has 1 amide bonds. The van der Waals surface area contributed by atoms with E-state index in [1.807, 2.05) is 30.3 Å². The number of hydrogen-bond acceptors (Lipinski definition) is 4. The van der Waals surface area contributed by atoms with Crippen molar-refractivity contribution in [3.8, 4) is 28.4 Å². The lowest BCUT2D eigenvalue weighted by atomic mass is 9.88. The van der Waals surface area contributed by atoms with Crippen LogP contribution in [0.15, 0.2) is 91.0 Å². The maximum absolute atomic E-state index is 13.1. The van der Waals surface area contributed by atoms with E-state index in [1.54, 1.807) is 61.7 Å². The van der Waals surface area contributed by atoms with Crippen LogP contribution in [0.3, 0.4) is 0 Å². The van der Waals surface area contributed by atoms with Gasteiger partial charge in [-0.15, -0.1) is 0 Å². The van der Waals surface area contributed by atoms with E-state index >= 15 is 0 Å². The summed E-state index contributed by atoms with van der Waals surface area (Å²) in [6.45, 7) is -2.98. The van der Waals surface area contributed by atoms with Gasteiger partial charge in [0.2, 0.25) is 0 Å². The zero-order valence-electron chi connectivity index (χ0n) is 18.7. The number of methoxy groups -OCH3 is 1. The first-order chi connectivity index (χ1) is 17.0. The van der Waals surface area contributed by atoms with Crippen LogP contribution in [0.5, 0.6) is 17.2 Å². The van der Waals surface area contributed by atoms with Crippen molar-refractivity contribution in [2.24, 2.45) is 0 Å². The number of amides is 1. The second kappa shape index (κ2) is 9.46. The van der Waals surface area contributed by atoms with Crippen molar-refractivity contribution in [1.29, 1.82) is 0 Å². The fourth-order valence-electron chi connectivity index (χ4n) is 4.19. The van der Waals surface area contributed by atoms with E-state index in [2.05, 4.69) is 5.32 Å². The summed E-state index contributed by atoms with van der Waals surface area (Å²) in [5.41, 5.74) is 3.68. The van der Waals surface area contributed by atoms with Crippen molar-refractivity contribution in [3.63, 3.8) is 0 Å². The summed E-state index contributed by atoms with van der Waals surface area (Å²) < 4.78 is 42.8. The van der Waals surface area contributed by atoms with Gasteiger partial charge < -0.3 is 19.5 Å². The maximum Gasteiger partial charge on any atom is 0.387 e. The highest BCUT2D eigenvalue weighted by Crippen LogP contribution is 2.50. The SMILES string of the molecule is COc1cccc(C2Oc3cccc(OC(F)F)c3-c3ccc(NC(=O)c4ccccc4)cc32)c1. The largest absolute Gasteiger partial charge is 0.497 e. The zero-order chi connectivity index (χ0) is 24.4. The number of nitrogens with one attached hydrogen (secondary N) is 1. The molecule has 0 spiro atoms. The Morgan fingerprint density at radius 2 is 1.74 bits per heavy atom. The molecule has 1 heterocycles. The Balaban J connectivity index is 1.61. The molecule has 4 aromatic rings. The van der Waals surface area contributed by atoms with Gasteiger partial charge in [0.15, 0.2) is 0 Å². The van der Waals surface area contributed by atoms with E-state index < -0.39 is 12.7 Å². The van der Waals surface area contributed by atoms with Crippen LogP contribution >= 0.6 is 0 Å². The Kier molecular flexibility index (Phi) is 6.06. The summed E-state index contributed by atoms with van der Waals surface area (Å²) in [4.78, 5) is 12.7. The van der Waals surface area contributed by atoms with E-state index in [0.29, 0.717) is 39.4 Å². The minimum atomic E-state index is -2.98. The molecule has 7 heteroatoms. The minimum Gasteiger partial charge on any atom is -0.497 e. The van der Waals surface area contributed by atoms with Gasteiger partial charge in [-0.2, -0.15) is 8.78 Å². The molecule has 0 saturated carbocycles. The molecule has 1 N–H and O–H groups in total. The quantitative estimate of drug-likeness (QED) is 0.339. The number of halogens is 2. The van der Waals surface area contributed by atoms with Crippen LogP contribution in [-0.2, 0) is 0 Å². The van der Waals surface area contributed by atoms with Gasteiger partial charge in [-0.05, 0) is 54.1 Å². The van der Waals surface area contributed by atoms with Crippen LogP contribution < -0.4 is 19.5 Å². The van der Waals surface area contributed by atoms with Crippen molar-refractivity contribution in [1.82, 2.24) is 0 Å². The second-order valence-corrected chi connectivity index (χ2v) is 7.90. The van der Waals surface area contributed by atoms with Gasteiger partial charge in [-0.25, -0.2) is 0 Å². The molecule has 176 valence electrons. The maximum atomic E-state index is 13.1. The first kappa shape index (κ1) is 22.4. The number of rotatable bonds is 6. The normalized spacial score (nSPS) is 13.9. The van der Waals surface area contributed by atoms with Crippen LogP contribution in [0.1, 0.15) is 27.6 Å². The molecule has 1 unspecified atom stereocenters. The lowest BCUT2D eigenvalue weighted by Crippen LogP contribution is -2.18. The molecule has 35 heavy (non-hydrogen) atoms. The number of fused-ring (bicyclic) bond motifs is 3. The summed E-state index contributed by atoms with van der Waals surface area (Å²) in [6.07, 6.45) is -0.567. The number of alkyl halides is 2. The number of hydrogen-bond donors (Lipinski definition) is 1. The average Bonchev–Trinajstić information content (AvgIpc) is 2.88. The Morgan fingerprint density at radius 3 is 2.51 bits per heavy atom. The van der Waals surface area contributed by atoms with Crippen molar-refractivity contribution in [2.45, 2.75) is 12.7 Å². The fraction of sp³-hybridized carbons (Fsp3) is 0.107. The lowest BCUT2D eigenvalue weighted by molar-refractivity contribution is -0.0496. The molecule has 5 nitrogen and oxygen atoms in total. The van der Waals surface area contributed by atoms with Gasteiger partial charge in [-0.1, -0.05) is 42.5 Å². The molecule has 0 aromatic heterocycles. The van der Waals surface area contributed by atoms with Crippen molar-refractivity contribution in [3.05, 3.63) is 108 Å². The molecule has 0 bridgehead atoms. The van der Waals surface area contributed by atoms with Crippen LogP contribution in [0, 0.1) is 0 Å². The Hall–Kier alpha value is -4.39. The third-order valence-corrected chi connectivity index (χ3v) is 5.74. The highest BCUT2D eigenvalue weighted by atomic mass is 19.3. The number of anilines is 1. The van der Waals surface area contributed by atoms with Gasteiger partial charge in [0.05, 0.1) is 12.7 Å². The fourth-order valence-corrected chi connectivity index (χ4v) is 4.19. The topological polar surface area (TPSA) is 56.8 Å². The van der Waals surface area contributed by atoms with Gasteiger partial charge in [0, 0.05) is 22.4 Å². The number of ether oxygens (including phenoxy) is 3. The van der Waals surface area contributed by atoms with E-state index in [0.717, 1.165) is 5.56 Å². The second-order valence-electron chi connectivity index (χ2n) is 7.90. The molecule has 0 radical (unpaired) electrons. The zero-order valence-corrected chi connectivity index (χ0v) is 18.7. The third kappa shape index (κ3) is 4.53. The summed E-state index contributed by atoms with van der Waals surface area (Å²) >= 11 is 0. The van der Waals surface area contributed by atoms with Gasteiger partial charge >= 0.3 is 6.61 Å². The molecule has 1 aliphatic heterocycles. The molecule has 1 atom stereocenters. The van der Waals surface area contributed by atoms with Crippen LogP contribution in [0.4, 0.5) is 14.5 Å². The van der Waals surface area contributed by atoms with Crippen LogP contribution in [-0.4, -0.2) is 19.6 Å². The van der Waals surface area contributed by atoms with Crippen molar-refractivity contribution < 1.29 is 27.8 Å². The molecule has 0 aliphatic carbocycles. The third-order valence-electron chi connectivity index (χ3n) is 5.74. The summed E-state index contributed by atoms with van der Waals surface area (Å²) in [6, 6.07) is 26.4. The number of benzene rings is 4. The standard InChI is InChI=1S/C28H21F2NO4/c1-33-20-10-5-9-18(15-20)26-22-16-19(31-27(32)17-7-3-2-4-8-17)13-14-21(22)25-23(34-26)11-6-12-24(25)35-28(29)30/h2-16,26,28H,1H3,(H,31,32). The van der Waals surface area contributed by atoms with Crippen molar-refractivity contribution in [2.75, 3.05) is 12.4 Å². The molecular formula is C28H21F2NO4. The van der Waals surface area contributed by atoms with Crippen molar-refractivity contribution >= 4 is 11.6 Å². The number of carbonyl (C=O) groups excluding carboxylic acids is 1. The molecule has 1 aliphatic rings. The lowest BCUT2D eigenvalue weighted by Gasteiger charge is -2.31. The number of carbonyl (C=O) groups is 1. The van der Waals surface area contributed by atoms with Crippen LogP contribution in [0.25, 0.3) is 11.1 Å². The average molecular weight is 473 g/mol. The molecule has 0 fully saturated rings. The molecule has 0 saturated heterocycles. The highest BCUT2D eigenvalue weighted by Gasteiger charge is 2.31. The van der Waals surface area contributed by atoms with Crippen LogP contribution in [0.2, 0.25) is 0 Å². The van der Waals surface area contributed by atoms with Gasteiger partial charge in [0.1, 0.15) is 23.4 Å². The molecule has 5 rings (SSSR count). The molecule has 4 aromatic carbocycles. The van der Waals surface area contributed by atoms with E-state index in [4.69, 9.17) is 14.2 Å². The van der Waals surface area contributed by atoms with Gasteiger partial charge in [0.25, 0.3) is 5.91 Å². The predicted molar refractivity (Wildman–Crippen MR) is 128 cm³/mol. The molecular weight excluding hydrogens is 452 g/mol. The first-order valence-electron chi connectivity index (χ1n) is 10.9. The Morgan fingerprint density at radius 1 is 0.943 bits per heavy atom. The smallest absolute Gasteiger partial charge is 0.387 e.